The summed E-state index contributed by atoms with van der Waals surface area (Å²) in [6.07, 6.45) is 0.755. The first-order chi connectivity index (χ1) is 16.9. The number of fused-ring (bicyclic) bond motifs is 1. The van der Waals surface area contributed by atoms with Gasteiger partial charge in [0.2, 0.25) is 5.95 Å². The molecule has 3 heterocycles. The number of anilines is 1. The Morgan fingerprint density at radius 2 is 1.91 bits per heavy atom. The van der Waals surface area contributed by atoms with E-state index >= 15 is 0 Å². The number of aliphatic carboxylic acids is 1. The van der Waals surface area contributed by atoms with E-state index in [2.05, 4.69) is 17.2 Å². The molecule has 1 aliphatic heterocycles. The maximum atomic E-state index is 14.0. The van der Waals surface area contributed by atoms with Crippen molar-refractivity contribution in [3.63, 3.8) is 0 Å². The fourth-order valence-corrected chi connectivity index (χ4v) is 4.60. The lowest BCUT2D eigenvalue weighted by Gasteiger charge is -2.28. The molecule has 1 aromatic carbocycles. The van der Waals surface area contributed by atoms with Crippen molar-refractivity contribution < 1.29 is 9.90 Å². The average molecular weight is 479 g/mol. The molecule has 1 aliphatic rings. The van der Waals surface area contributed by atoms with Crippen LogP contribution in [-0.4, -0.2) is 55.9 Å². The van der Waals surface area contributed by atoms with Gasteiger partial charge in [-0.3, -0.25) is 13.9 Å². The SMILES string of the molecule is CC#CCn1c(N2CCNCC2)nc2c1c(=O)n(-c1ccccc1CC)c(=O)n2C(CC)C(=O)O. The van der Waals surface area contributed by atoms with Crippen LogP contribution in [0.2, 0.25) is 0 Å². The van der Waals surface area contributed by atoms with Crippen LogP contribution in [0.15, 0.2) is 33.9 Å². The Labute approximate surface area is 202 Å². The van der Waals surface area contributed by atoms with Crippen molar-refractivity contribution in [3.05, 3.63) is 50.7 Å². The molecule has 2 aromatic heterocycles. The Bertz CT molecular complexity index is 1430. The number of hydrogen-bond acceptors (Lipinski definition) is 6. The monoisotopic (exact) mass is 478 g/mol. The molecule has 1 atom stereocenters. The van der Waals surface area contributed by atoms with Gasteiger partial charge in [0.15, 0.2) is 11.2 Å². The van der Waals surface area contributed by atoms with Crippen molar-refractivity contribution in [3.8, 4) is 17.5 Å². The van der Waals surface area contributed by atoms with Crippen LogP contribution in [0.1, 0.15) is 38.8 Å². The van der Waals surface area contributed by atoms with E-state index < -0.39 is 23.3 Å². The molecule has 35 heavy (non-hydrogen) atoms. The molecule has 184 valence electrons. The number of imidazole rings is 1. The van der Waals surface area contributed by atoms with Gasteiger partial charge in [-0.2, -0.15) is 4.98 Å². The highest BCUT2D eigenvalue weighted by atomic mass is 16.4. The van der Waals surface area contributed by atoms with Gasteiger partial charge >= 0.3 is 11.7 Å². The van der Waals surface area contributed by atoms with Gasteiger partial charge in [-0.05, 0) is 31.4 Å². The Kier molecular flexibility index (Phi) is 7.07. The number of nitrogens with zero attached hydrogens (tertiary/aromatic N) is 5. The predicted molar refractivity (Wildman–Crippen MR) is 134 cm³/mol. The number of nitrogens with one attached hydrogen (secondary N) is 1. The summed E-state index contributed by atoms with van der Waals surface area (Å²) in [7, 11) is 0. The molecule has 4 rings (SSSR count). The number of rotatable bonds is 7. The van der Waals surface area contributed by atoms with Crippen LogP contribution in [0.25, 0.3) is 16.9 Å². The number of carbonyl (C=O) groups is 1. The van der Waals surface area contributed by atoms with Crippen LogP contribution in [0.4, 0.5) is 5.95 Å². The minimum atomic E-state index is -1.18. The summed E-state index contributed by atoms with van der Waals surface area (Å²) < 4.78 is 3.97. The summed E-state index contributed by atoms with van der Waals surface area (Å²) in [6.45, 7) is 8.37. The third-order valence-electron chi connectivity index (χ3n) is 6.37. The molecule has 1 unspecified atom stereocenters. The number of hydrogen-bond donors (Lipinski definition) is 2. The molecule has 0 radical (unpaired) electrons. The Morgan fingerprint density at radius 3 is 2.54 bits per heavy atom. The van der Waals surface area contributed by atoms with Crippen molar-refractivity contribution in [2.75, 3.05) is 31.1 Å². The maximum Gasteiger partial charge on any atom is 0.338 e. The zero-order valence-electron chi connectivity index (χ0n) is 20.2. The van der Waals surface area contributed by atoms with Crippen LogP contribution in [0, 0.1) is 11.8 Å². The first-order valence-electron chi connectivity index (χ1n) is 11.9. The second kappa shape index (κ2) is 10.2. The molecule has 1 saturated heterocycles. The average Bonchev–Trinajstić information content (AvgIpc) is 3.25. The van der Waals surface area contributed by atoms with E-state index in [1.165, 1.54) is 0 Å². The van der Waals surface area contributed by atoms with E-state index in [0.717, 1.165) is 27.8 Å². The number of piperazine rings is 1. The molecule has 0 saturated carbocycles. The lowest BCUT2D eigenvalue weighted by atomic mass is 10.1. The molecule has 0 aliphatic carbocycles. The Balaban J connectivity index is 2.18. The van der Waals surface area contributed by atoms with Crippen LogP contribution in [0.3, 0.4) is 0 Å². The second-order valence-corrected chi connectivity index (χ2v) is 8.37. The van der Waals surface area contributed by atoms with E-state index in [4.69, 9.17) is 4.98 Å². The smallest absolute Gasteiger partial charge is 0.338 e. The number of aryl methyl sites for hydroxylation is 1. The van der Waals surface area contributed by atoms with Crippen LogP contribution in [0.5, 0.6) is 0 Å². The zero-order valence-corrected chi connectivity index (χ0v) is 20.2. The number of aromatic nitrogens is 4. The number of para-hydroxylation sites is 1. The van der Waals surface area contributed by atoms with Gasteiger partial charge < -0.3 is 15.3 Å². The Morgan fingerprint density at radius 1 is 1.20 bits per heavy atom. The number of carboxylic acid groups (broad SMARTS) is 1. The second-order valence-electron chi connectivity index (χ2n) is 8.37. The van der Waals surface area contributed by atoms with Crippen LogP contribution < -0.4 is 21.5 Å². The summed E-state index contributed by atoms with van der Waals surface area (Å²) in [5.41, 5.74) is 0.254. The molecule has 2 N–H and O–H groups in total. The third kappa shape index (κ3) is 4.23. The molecule has 0 spiro atoms. The highest BCUT2D eigenvalue weighted by Crippen LogP contribution is 2.24. The van der Waals surface area contributed by atoms with Gasteiger partial charge in [0, 0.05) is 26.2 Å². The van der Waals surface area contributed by atoms with Gasteiger partial charge in [0.05, 0.1) is 12.2 Å². The summed E-state index contributed by atoms with van der Waals surface area (Å²) in [6, 6.07) is 6.00. The maximum absolute atomic E-state index is 14.0. The van der Waals surface area contributed by atoms with E-state index in [-0.39, 0.29) is 24.1 Å². The molecule has 0 bridgehead atoms. The minimum Gasteiger partial charge on any atom is -0.480 e. The van der Waals surface area contributed by atoms with E-state index in [1.54, 1.807) is 30.5 Å². The van der Waals surface area contributed by atoms with Crippen LogP contribution in [-0.2, 0) is 17.8 Å². The predicted octanol–water partition coefficient (Wildman–Crippen LogP) is 1.38. The number of carboxylic acids is 1. The standard InChI is InChI=1S/C25H30N6O4/c1-4-7-14-29-20-21(27-24(29)28-15-12-26-13-16-28)30(18(6-3)23(33)34)25(35)31(22(20)32)19-11-9-8-10-17(19)5-2/h8-11,18,26H,5-6,12-16H2,1-3H3,(H,33,34). The topological polar surface area (TPSA) is 114 Å². The van der Waals surface area contributed by atoms with Crippen LogP contribution >= 0.6 is 0 Å². The summed E-state index contributed by atoms with van der Waals surface area (Å²) >= 11 is 0. The quantitative estimate of drug-likeness (QED) is 0.493. The van der Waals surface area contributed by atoms with Gasteiger partial charge in [-0.1, -0.05) is 38.0 Å². The molecular weight excluding hydrogens is 448 g/mol. The first-order valence-corrected chi connectivity index (χ1v) is 11.9. The van der Waals surface area contributed by atoms with Gasteiger partial charge in [-0.15, -0.1) is 5.92 Å². The summed E-state index contributed by atoms with van der Waals surface area (Å²) in [4.78, 5) is 46.8. The minimum absolute atomic E-state index is 0.0749. The third-order valence-corrected chi connectivity index (χ3v) is 6.37. The molecular formula is C25H30N6O4. The summed E-state index contributed by atoms with van der Waals surface area (Å²) in [5.74, 6) is 5.23. The Hall–Kier alpha value is -3.84. The van der Waals surface area contributed by atoms with E-state index in [0.29, 0.717) is 31.1 Å². The van der Waals surface area contributed by atoms with E-state index in [1.807, 2.05) is 24.0 Å². The fourth-order valence-electron chi connectivity index (χ4n) is 4.60. The van der Waals surface area contributed by atoms with Crippen molar-refractivity contribution >= 4 is 23.1 Å². The van der Waals surface area contributed by atoms with Crippen molar-refractivity contribution in [1.82, 2.24) is 24.0 Å². The van der Waals surface area contributed by atoms with Gasteiger partial charge in [0.25, 0.3) is 5.56 Å². The highest BCUT2D eigenvalue weighted by molar-refractivity contribution is 5.79. The highest BCUT2D eigenvalue weighted by Gasteiger charge is 2.30. The van der Waals surface area contributed by atoms with Gasteiger partial charge in [-0.25, -0.2) is 14.2 Å². The molecule has 3 aromatic rings. The molecule has 1 fully saturated rings. The van der Waals surface area contributed by atoms with Gasteiger partial charge in [0.1, 0.15) is 6.04 Å². The largest absolute Gasteiger partial charge is 0.480 e. The van der Waals surface area contributed by atoms with Crippen molar-refractivity contribution in [2.24, 2.45) is 0 Å². The fraction of sp³-hybridized carbons (Fsp3) is 0.440. The lowest BCUT2D eigenvalue weighted by molar-refractivity contribution is -0.141. The van der Waals surface area contributed by atoms with Crippen molar-refractivity contribution in [2.45, 2.75) is 46.2 Å². The zero-order chi connectivity index (χ0) is 25.1. The summed E-state index contributed by atoms with van der Waals surface area (Å²) in [5, 5.41) is 13.3. The first kappa shape index (κ1) is 24.3. The molecule has 10 nitrogen and oxygen atoms in total. The lowest BCUT2D eigenvalue weighted by Crippen LogP contribution is -2.44. The molecule has 10 heteroatoms. The normalized spacial score (nSPS) is 14.5. The molecule has 0 amide bonds. The number of benzene rings is 1. The van der Waals surface area contributed by atoms with Crippen molar-refractivity contribution in [1.29, 1.82) is 0 Å². The van der Waals surface area contributed by atoms with E-state index in [9.17, 15) is 19.5 Å².